The van der Waals surface area contributed by atoms with E-state index in [2.05, 4.69) is 0 Å². The van der Waals surface area contributed by atoms with Gasteiger partial charge in [0.25, 0.3) is 0 Å². The first-order chi connectivity index (χ1) is 6.80. The van der Waals surface area contributed by atoms with E-state index in [4.69, 9.17) is 5.73 Å². The molecule has 0 aromatic heterocycles. The zero-order chi connectivity index (χ0) is 11.7. The average molecular weight is 207 g/mol. The molecule has 0 aliphatic heterocycles. The van der Waals surface area contributed by atoms with Crippen molar-refractivity contribution >= 4 is 5.97 Å². The summed E-state index contributed by atoms with van der Waals surface area (Å²) in [5, 5.41) is 9.30. The van der Waals surface area contributed by atoms with Crippen molar-refractivity contribution in [3.05, 3.63) is 35.9 Å². The zero-order valence-corrected chi connectivity index (χ0v) is 9.32. The Labute approximate surface area is 89.9 Å². The van der Waals surface area contributed by atoms with Crippen LogP contribution in [0.3, 0.4) is 0 Å². The third-order valence-electron chi connectivity index (χ3n) is 2.75. The van der Waals surface area contributed by atoms with Gasteiger partial charge in [-0.1, -0.05) is 51.1 Å². The number of nitrogens with two attached hydrogens (primary N) is 1. The Balaban J connectivity index is 3.32. The molecule has 3 heteroatoms. The molecule has 1 aromatic carbocycles. The van der Waals surface area contributed by atoms with Gasteiger partial charge in [0.15, 0.2) is 0 Å². The van der Waals surface area contributed by atoms with E-state index >= 15 is 0 Å². The number of aliphatic carboxylic acids is 1. The molecule has 0 saturated heterocycles. The normalized spacial score (nSPS) is 15.7. The Morgan fingerprint density at radius 1 is 1.20 bits per heavy atom. The summed E-state index contributed by atoms with van der Waals surface area (Å²) in [6, 6.07) is 8.93. The Kier molecular flexibility index (Phi) is 2.86. The fraction of sp³-hybridized carbons (Fsp3) is 0.417. The number of carboxylic acid groups (broad SMARTS) is 1. The van der Waals surface area contributed by atoms with E-state index in [1.807, 2.05) is 26.8 Å². The van der Waals surface area contributed by atoms with E-state index in [1.165, 1.54) is 0 Å². The smallest absolute Gasteiger partial charge is 0.328 e. The molecule has 1 rings (SSSR count). The summed E-state index contributed by atoms with van der Waals surface area (Å²) in [5.74, 6) is -0.999. The molecular formula is C12H17NO2. The predicted octanol–water partition coefficient (Wildman–Crippen LogP) is 1.97. The molecule has 0 amide bonds. The molecule has 0 fully saturated rings. The highest BCUT2D eigenvalue weighted by atomic mass is 16.4. The van der Waals surface area contributed by atoms with Gasteiger partial charge < -0.3 is 10.8 Å². The molecule has 3 N–H and O–H groups in total. The molecule has 3 nitrogen and oxygen atoms in total. The fourth-order valence-electron chi connectivity index (χ4n) is 1.58. The number of benzene rings is 1. The molecule has 0 unspecified atom stereocenters. The Hall–Kier alpha value is -1.35. The van der Waals surface area contributed by atoms with Crippen molar-refractivity contribution in [3.8, 4) is 0 Å². The highest BCUT2D eigenvalue weighted by Gasteiger charge is 2.46. The highest BCUT2D eigenvalue weighted by molar-refractivity contribution is 5.81. The summed E-state index contributed by atoms with van der Waals surface area (Å²) in [6.07, 6.45) is 0. The number of carbonyl (C=O) groups is 1. The molecule has 1 atom stereocenters. The van der Waals surface area contributed by atoms with Crippen LogP contribution >= 0.6 is 0 Å². The van der Waals surface area contributed by atoms with Crippen molar-refractivity contribution in [2.24, 2.45) is 11.1 Å². The molecule has 0 spiro atoms. The first-order valence-electron chi connectivity index (χ1n) is 4.88. The molecule has 0 saturated carbocycles. The van der Waals surface area contributed by atoms with Gasteiger partial charge in [-0.3, -0.25) is 0 Å². The summed E-state index contributed by atoms with van der Waals surface area (Å²) in [6.45, 7) is 5.48. The van der Waals surface area contributed by atoms with Crippen LogP contribution in [0, 0.1) is 5.41 Å². The van der Waals surface area contributed by atoms with Crippen molar-refractivity contribution in [2.75, 3.05) is 0 Å². The van der Waals surface area contributed by atoms with Crippen LogP contribution in [-0.2, 0) is 10.3 Å². The van der Waals surface area contributed by atoms with Gasteiger partial charge in [-0.2, -0.15) is 0 Å². The largest absolute Gasteiger partial charge is 0.480 e. The second-order valence-electron chi connectivity index (χ2n) is 4.73. The first kappa shape index (κ1) is 11.7. The molecule has 15 heavy (non-hydrogen) atoms. The van der Waals surface area contributed by atoms with E-state index in [0.29, 0.717) is 5.56 Å². The summed E-state index contributed by atoms with van der Waals surface area (Å²) >= 11 is 0. The summed E-state index contributed by atoms with van der Waals surface area (Å²) in [4.78, 5) is 11.3. The number of carboxylic acids is 1. The van der Waals surface area contributed by atoms with Gasteiger partial charge in [-0.25, -0.2) is 4.79 Å². The SMILES string of the molecule is CC(C)(C)[C@](N)(C(=O)O)c1ccccc1. The molecule has 82 valence electrons. The van der Waals surface area contributed by atoms with Crippen LogP contribution in [0.25, 0.3) is 0 Å². The fourth-order valence-corrected chi connectivity index (χ4v) is 1.58. The maximum absolute atomic E-state index is 11.3. The lowest BCUT2D eigenvalue weighted by Gasteiger charge is -2.38. The highest BCUT2D eigenvalue weighted by Crippen LogP contribution is 2.37. The van der Waals surface area contributed by atoms with E-state index < -0.39 is 16.9 Å². The van der Waals surface area contributed by atoms with Gasteiger partial charge in [0.05, 0.1) is 0 Å². The molecule has 0 aliphatic rings. The Morgan fingerprint density at radius 2 is 1.67 bits per heavy atom. The third-order valence-corrected chi connectivity index (χ3v) is 2.75. The standard InChI is InChI=1S/C12H17NO2/c1-11(2,3)12(13,10(14)15)9-7-5-4-6-8-9/h4-8H,13H2,1-3H3,(H,14,15)/t12-/m1/s1. The first-order valence-corrected chi connectivity index (χ1v) is 4.88. The second kappa shape index (κ2) is 3.66. The lowest BCUT2D eigenvalue weighted by molar-refractivity contribution is -0.148. The molecule has 0 bridgehead atoms. The van der Waals surface area contributed by atoms with Gasteiger partial charge in [0.1, 0.15) is 5.54 Å². The van der Waals surface area contributed by atoms with Crippen LogP contribution in [0.1, 0.15) is 26.3 Å². The van der Waals surface area contributed by atoms with Crippen molar-refractivity contribution < 1.29 is 9.90 Å². The van der Waals surface area contributed by atoms with Crippen molar-refractivity contribution in [2.45, 2.75) is 26.3 Å². The second-order valence-corrected chi connectivity index (χ2v) is 4.73. The minimum Gasteiger partial charge on any atom is -0.480 e. The maximum Gasteiger partial charge on any atom is 0.328 e. The average Bonchev–Trinajstić information content (AvgIpc) is 2.16. The minimum atomic E-state index is -1.35. The van der Waals surface area contributed by atoms with Gasteiger partial charge in [0.2, 0.25) is 0 Å². The predicted molar refractivity (Wildman–Crippen MR) is 59.4 cm³/mol. The van der Waals surface area contributed by atoms with Gasteiger partial charge in [-0.05, 0) is 11.0 Å². The molecule has 0 aliphatic carbocycles. The molecule has 1 aromatic rings. The minimum absolute atomic E-state index is 0.541. The number of hydrogen-bond acceptors (Lipinski definition) is 2. The van der Waals surface area contributed by atoms with E-state index in [1.54, 1.807) is 24.3 Å². The van der Waals surface area contributed by atoms with Gasteiger partial charge in [0, 0.05) is 0 Å². The van der Waals surface area contributed by atoms with Crippen LogP contribution in [0.5, 0.6) is 0 Å². The van der Waals surface area contributed by atoms with E-state index in [9.17, 15) is 9.90 Å². The quantitative estimate of drug-likeness (QED) is 0.779. The van der Waals surface area contributed by atoms with E-state index in [0.717, 1.165) is 0 Å². The third kappa shape index (κ3) is 1.88. The van der Waals surface area contributed by atoms with Crippen LogP contribution in [-0.4, -0.2) is 11.1 Å². The topological polar surface area (TPSA) is 63.3 Å². The van der Waals surface area contributed by atoms with E-state index in [-0.39, 0.29) is 0 Å². The van der Waals surface area contributed by atoms with Crippen LogP contribution in [0.4, 0.5) is 0 Å². The summed E-state index contributed by atoms with van der Waals surface area (Å²) in [5.41, 5.74) is 4.77. The van der Waals surface area contributed by atoms with Crippen molar-refractivity contribution in [3.63, 3.8) is 0 Å². The summed E-state index contributed by atoms with van der Waals surface area (Å²) < 4.78 is 0. The zero-order valence-electron chi connectivity index (χ0n) is 9.32. The van der Waals surface area contributed by atoms with Crippen molar-refractivity contribution in [1.29, 1.82) is 0 Å². The van der Waals surface area contributed by atoms with Crippen molar-refractivity contribution in [1.82, 2.24) is 0 Å². The summed E-state index contributed by atoms with van der Waals surface area (Å²) in [7, 11) is 0. The Morgan fingerprint density at radius 3 is 2.00 bits per heavy atom. The maximum atomic E-state index is 11.3. The monoisotopic (exact) mass is 207 g/mol. The van der Waals surface area contributed by atoms with Crippen LogP contribution < -0.4 is 5.73 Å². The lowest BCUT2D eigenvalue weighted by Crippen LogP contribution is -2.54. The lowest BCUT2D eigenvalue weighted by atomic mass is 9.70. The number of hydrogen-bond donors (Lipinski definition) is 2. The van der Waals surface area contributed by atoms with Gasteiger partial charge in [-0.15, -0.1) is 0 Å². The molecule has 0 radical (unpaired) electrons. The van der Waals surface area contributed by atoms with Crippen LogP contribution in [0.15, 0.2) is 30.3 Å². The molecular weight excluding hydrogens is 190 g/mol. The number of rotatable bonds is 2. The van der Waals surface area contributed by atoms with Gasteiger partial charge >= 0.3 is 5.97 Å². The Bertz CT molecular complexity index is 354. The molecule has 0 heterocycles. The van der Waals surface area contributed by atoms with Crippen LogP contribution in [0.2, 0.25) is 0 Å².